The molecule has 0 spiro atoms. The highest BCUT2D eigenvalue weighted by molar-refractivity contribution is 5.81. The Hall–Kier alpha value is -1.29. The second-order valence-corrected chi connectivity index (χ2v) is 2.36. The van der Waals surface area contributed by atoms with E-state index in [1.807, 2.05) is 0 Å². The van der Waals surface area contributed by atoms with Gasteiger partial charge in [-0.2, -0.15) is 10.2 Å². The summed E-state index contributed by atoms with van der Waals surface area (Å²) in [4.78, 5) is 11.0. The van der Waals surface area contributed by atoms with Crippen molar-refractivity contribution in [2.45, 2.75) is 6.42 Å². The van der Waals surface area contributed by atoms with Crippen molar-refractivity contribution in [2.75, 3.05) is 13.7 Å². The second kappa shape index (κ2) is 4.56. The molecule has 12 heavy (non-hydrogen) atoms. The summed E-state index contributed by atoms with van der Waals surface area (Å²) in [7, 11) is 1.49. The maximum absolute atomic E-state index is 11.0. The number of hydrogen-bond acceptors (Lipinski definition) is 4. The van der Waals surface area contributed by atoms with Crippen LogP contribution in [0.1, 0.15) is 5.69 Å². The van der Waals surface area contributed by atoms with E-state index in [4.69, 9.17) is 0 Å². The van der Waals surface area contributed by atoms with E-state index >= 15 is 0 Å². The lowest BCUT2D eigenvalue weighted by Gasteiger charge is -1.96. The van der Waals surface area contributed by atoms with Gasteiger partial charge in [0, 0.05) is 13.3 Å². The molecule has 0 aromatic carbocycles. The normalized spacial score (nSPS) is 9.75. The molecule has 0 radical (unpaired) electrons. The fraction of sp³-hybridized carbons (Fsp3) is 0.375. The minimum absolute atomic E-state index is 0.0120. The van der Waals surface area contributed by atoms with Gasteiger partial charge in [-0.3, -0.25) is 4.79 Å². The van der Waals surface area contributed by atoms with Gasteiger partial charge in [-0.25, -0.2) is 0 Å². The quantitative estimate of drug-likeness (QED) is 0.642. The largest absolute Gasteiger partial charge is 0.377 e. The van der Waals surface area contributed by atoms with Gasteiger partial charge in [-0.05, 0) is 12.1 Å². The molecule has 4 heteroatoms. The fourth-order valence-corrected chi connectivity index (χ4v) is 0.842. The summed E-state index contributed by atoms with van der Waals surface area (Å²) in [5.74, 6) is 0.0120. The molecule has 0 amide bonds. The molecular formula is C8H10N2O2. The lowest BCUT2D eigenvalue weighted by Crippen LogP contribution is -2.10. The Bertz CT molecular complexity index is 248. The van der Waals surface area contributed by atoms with Gasteiger partial charge < -0.3 is 4.74 Å². The number of ether oxygens (including phenoxy) is 1. The third-order valence-electron chi connectivity index (χ3n) is 1.31. The molecule has 0 aliphatic rings. The number of Topliss-reactive ketones (excluding diaryl/α,β-unsaturated/α-hetero) is 1. The number of hydrogen-bond donors (Lipinski definition) is 0. The SMILES string of the molecule is COCC(=O)Cc1cccnn1. The van der Waals surface area contributed by atoms with Gasteiger partial charge in [0.1, 0.15) is 6.61 Å². The highest BCUT2D eigenvalue weighted by Crippen LogP contribution is 1.93. The standard InChI is InChI=1S/C8H10N2O2/c1-12-6-8(11)5-7-3-2-4-9-10-7/h2-4H,5-6H2,1H3. The summed E-state index contributed by atoms with van der Waals surface area (Å²) in [5.41, 5.74) is 0.680. The topological polar surface area (TPSA) is 52.1 Å². The first kappa shape index (κ1) is 8.80. The summed E-state index contributed by atoms with van der Waals surface area (Å²) in [5, 5.41) is 7.43. The Labute approximate surface area is 70.6 Å². The first-order chi connectivity index (χ1) is 5.83. The average Bonchev–Trinajstić information content (AvgIpc) is 2.06. The molecule has 0 fully saturated rings. The van der Waals surface area contributed by atoms with Crippen LogP contribution in [0.3, 0.4) is 0 Å². The molecule has 1 heterocycles. The molecule has 4 nitrogen and oxygen atoms in total. The summed E-state index contributed by atoms with van der Waals surface area (Å²) >= 11 is 0. The van der Waals surface area contributed by atoms with Crippen molar-refractivity contribution in [3.63, 3.8) is 0 Å². The van der Waals surface area contributed by atoms with E-state index in [0.717, 1.165) is 0 Å². The number of carbonyl (C=O) groups excluding carboxylic acids is 1. The molecule has 1 aromatic rings. The molecule has 0 saturated carbocycles. The highest BCUT2D eigenvalue weighted by Gasteiger charge is 2.03. The van der Waals surface area contributed by atoms with Gasteiger partial charge in [0.25, 0.3) is 0 Å². The molecule has 0 N–H and O–H groups in total. The maximum atomic E-state index is 11.0. The molecule has 0 aliphatic carbocycles. The third-order valence-corrected chi connectivity index (χ3v) is 1.31. The van der Waals surface area contributed by atoms with Gasteiger partial charge in [-0.1, -0.05) is 0 Å². The predicted molar refractivity (Wildman–Crippen MR) is 42.6 cm³/mol. The molecule has 0 saturated heterocycles. The number of nitrogens with zero attached hydrogens (tertiary/aromatic N) is 2. The van der Waals surface area contributed by atoms with Crippen LogP contribution in [-0.4, -0.2) is 29.7 Å². The first-order valence-electron chi connectivity index (χ1n) is 3.60. The Morgan fingerprint density at radius 2 is 2.50 bits per heavy atom. The molecular weight excluding hydrogens is 156 g/mol. The van der Waals surface area contributed by atoms with Gasteiger partial charge in [0.15, 0.2) is 5.78 Å². The smallest absolute Gasteiger partial charge is 0.164 e. The number of carbonyl (C=O) groups is 1. The van der Waals surface area contributed by atoms with E-state index in [1.165, 1.54) is 7.11 Å². The zero-order valence-electron chi connectivity index (χ0n) is 6.86. The van der Waals surface area contributed by atoms with Crippen LogP contribution in [0, 0.1) is 0 Å². The Morgan fingerprint density at radius 3 is 3.08 bits per heavy atom. The van der Waals surface area contributed by atoms with Crippen LogP contribution in [0.25, 0.3) is 0 Å². The summed E-state index contributed by atoms with van der Waals surface area (Å²) < 4.78 is 4.68. The van der Waals surface area contributed by atoms with Crippen molar-refractivity contribution >= 4 is 5.78 Å². The van der Waals surface area contributed by atoms with Crippen molar-refractivity contribution in [1.82, 2.24) is 10.2 Å². The van der Waals surface area contributed by atoms with Crippen molar-refractivity contribution in [3.8, 4) is 0 Å². The van der Waals surface area contributed by atoms with E-state index in [9.17, 15) is 4.79 Å². The monoisotopic (exact) mass is 166 g/mol. The van der Waals surface area contributed by atoms with Gasteiger partial charge >= 0.3 is 0 Å². The van der Waals surface area contributed by atoms with Crippen LogP contribution < -0.4 is 0 Å². The van der Waals surface area contributed by atoms with Gasteiger partial charge in [-0.15, -0.1) is 0 Å². The van der Waals surface area contributed by atoms with Crippen molar-refractivity contribution in [3.05, 3.63) is 24.0 Å². The van der Waals surface area contributed by atoms with Crippen molar-refractivity contribution in [1.29, 1.82) is 0 Å². The van der Waals surface area contributed by atoms with Crippen LogP contribution in [0.4, 0.5) is 0 Å². The van der Waals surface area contributed by atoms with Crippen LogP contribution in [0.5, 0.6) is 0 Å². The molecule has 64 valence electrons. The zero-order chi connectivity index (χ0) is 8.81. The van der Waals surface area contributed by atoms with Gasteiger partial charge in [0.2, 0.25) is 0 Å². The minimum Gasteiger partial charge on any atom is -0.377 e. The van der Waals surface area contributed by atoms with Crippen molar-refractivity contribution in [2.24, 2.45) is 0 Å². The Kier molecular flexibility index (Phi) is 3.35. The molecule has 0 atom stereocenters. The Balaban J connectivity index is 2.47. The second-order valence-electron chi connectivity index (χ2n) is 2.36. The molecule has 1 aromatic heterocycles. The zero-order valence-corrected chi connectivity index (χ0v) is 6.86. The maximum Gasteiger partial charge on any atom is 0.164 e. The van der Waals surface area contributed by atoms with E-state index in [1.54, 1.807) is 18.3 Å². The van der Waals surface area contributed by atoms with E-state index < -0.39 is 0 Å². The van der Waals surface area contributed by atoms with E-state index in [2.05, 4.69) is 14.9 Å². The number of rotatable bonds is 4. The molecule has 0 unspecified atom stereocenters. The number of aromatic nitrogens is 2. The Morgan fingerprint density at radius 1 is 1.67 bits per heavy atom. The van der Waals surface area contributed by atoms with Crippen LogP contribution in [0.2, 0.25) is 0 Å². The highest BCUT2D eigenvalue weighted by atomic mass is 16.5. The van der Waals surface area contributed by atoms with Gasteiger partial charge in [0.05, 0.1) is 12.1 Å². The lowest BCUT2D eigenvalue weighted by molar-refractivity contribution is -0.122. The lowest BCUT2D eigenvalue weighted by atomic mass is 10.2. The van der Waals surface area contributed by atoms with Crippen molar-refractivity contribution < 1.29 is 9.53 Å². The minimum atomic E-state index is 0.0120. The fourth-order valence-electron chi connectivity index (χ4n) is 0.842. The number of methoxy groups -OCH3 is 1. The van der Waals surface area contributed by atoms with Crippen LogP contribution in [0.15, 0.2) is 18.3 Å². The van der Waals surface area contributed by atoms with Crippen LogP contribution >= 0.6 is 0 Å². The molecule has 0 bridgehead atoms. The third kappa shape index (κ3) is 2.75. The van der Waals surface area contributed by atoms with E-state index in [0.29, 0.717) is 12.1 Å². The summed E-state index contributed by atoms with van der Waals surface area (Å²) in [6.45, 7) is 0.135. The first-order valence-corrected chi connectivity index (χ1v) is 3.60. The predicted octanol–water partition coefficient (Wildman–Crippen LogP) is 0.235. The molecule has 0 aliphatic heterocycles. The van der Waals surface area contributed by atoms with E-state index in [-0.39, 0.29) is 12.4 Å². The average molecular weight is 166 g/mol. The summed E-state index contributed by atoms with van der Waals surface area (Å²) in [6, 6.07) is 3.52. The van der Waals surface area contributed by atoms with Crippen LogP contribution in [-0.2, 0) is 16.0 Å². The molecule has 1 rings (SSSR count). The summed E-state index contributed by atoms with van der Waals surface area (Å²) in [6.07, 6.45) is 1.87. The number of ketones is 1.